The van der Waals surface area contributed by atoms with Crippen LogP contribution in [0, 0.1) is 6.92 Å². The predicted octanol–water partition coefficient (Wildman–Crippen LogP) is 4.02. The molecular weight excluding hydrogens is 497 g/mol. The number of guanidine groups is 1. The molecule has 0 aliphatic heterocycles. The molecule has 1 atom stereocenters. The lowest BCUT2D eigenvalue weighted by Gasteiger charge is -2.13. The van der Waals surface area contributed by atoms with E-state index in [1.165, 1.54) is 5.56 Å². The first kappa shape index (κ1) is 25.4. The average Bonchev–Trinajstić information content (AvgIpc) is 2.68. The molecule has 7 heteroatoms. The fourth-order valence-corrected chi connectivity index (χ4v) is 3.74. The van der Waals surface area contributed by atoms with Crippen LogP contribution in [0.3, 0.4) is 0 Å². The Hall–Kier alpha value is -1.61. The summed E-state index contributed by atoms with van der Waals surface area (Å²) in [7, 11) is -0.906. The van der Waals surface area contributed by atoms with Gasteiger partial charge in [0.1, 0.15) is 5.75 Å². The highest BCUT2D eigenvalue weighted by Crippen LogP contribution is 2.21. The van der Waals surface area contributed by atoms with E-state index < -0.39 is 10.8 Å². The Morgan fingerprint density at radius 3 is 2.55 bits per heavy atom. The molecule has 0 aliphatic rings. The largest absolute Gasteiger partial charge is 0.494 e. The molecule has 160 valence electrons. The molecule has 1 unspecified atom stereocenters. The van der Waals surface area contributed by atoms with Crippen molar-refractivity contribution in [3.05, 3.63) is 65.2 Å². The van der Waals surface area contributed by atoms with Crippen LogP contribution in [0.25, 0.3) is 0 Å². The van der Waals surface area contributed by atoms with Crippen LogP contribution in [0.1, 0.15) is 30.5 Å². The van der Waals surface area contributed by atoms with Gasteiger partial charge in [0.2, 0.25) is 0 Å². The summed E-state index contributed by atoms with van der Waals surface area (Å²) in [6, 6.07) is 16.1. The Kier molecular flexibility index (Phi) is 12.6. The summed E-state index contributed by atoms with van der Waals surface area (Å²) < 4.78 is 18.0. The number of hydrogen-bond donors (Lipinski definition) is 2. The number of aryl methyl sites for hydroxylation is 1. The van der Waals surface area contributed by atoms with Crippen LogP contribution in [0.4, 0.5) is 0 Å². The quantitative estimate of drug-likeness (QED) is 0.278. The van der Waals surface area contributed by atoms with Crippen molar-refractivity contribution >= 4 is 40.7 Å². The van der Waals surface area contributed by atoms with E-state index in [2.05, 4.69) is 34.7 Å². The number of nitrogens with one attached hydrogen (secondary N) is 2. The molecule has 2 rings (SSSR count). The van der Waals surface area contributed by atoms with E-state index in [1.807, 2.05) is 50.2 Å². The summed E-state index contributed by atoms with van der Waals surface area (Å²) in [6.45, 7) is 8.60. The van der Waals surface area contributed by atoms with Gasteiger partial charge in [-0.2, -0.15) is 0 Å². The Morgan fingerprint density at radius 1 is 1.10 bits per heavy atom. The van der Waals surface area contributed by atoms with Crippen molar-refractivity contribution in [1.82, 2.24) is 10.6 Å². The van der Waals surface area contributed by atoms with Gasteiger partial charge in [0.15, 0.2) is 5.96 Å². The third-order valence-corrected chi connectivity index (χ3v) is 5.38. The van der Waals surface area contributed by atoms with Gasteiger partial charge in [-0.15, -0.1) is 24.0 Å². The zero-order chi connectivity index (χ0) is 20.2. The molecule has 5 nitrogen and oxygen atoms in total. The van der Waals surface area contributed by atoms with Crippen molar-refractivity contribution in [2.24, 2.45) is 4.99 Å². The van der Waals surface area contributed by atoms with E-state index in [-0.39, 0.29) is 24.0 Å². The maximum Gasteiger partial charge on any atom is 0.191 e. The van der Waals surface area contributed by atoms with Crippen molar-refractivity contribution in [2.75, 3.05) is 25.4 Å². The van der Waals surface area contributed by atoms with Gasteiger partial charge in [-0.05, 0) is 38.0 Å². The fraction of sp³-hybridized carbons (Fsp3) is 0.409. The Bertz CT molecular complexity index is 785. The molecule has 0 saturated heterocycles. The third kappa shape index (κ3) is 9.62. The van der Waals surface area contributed by atoms with Crippen molar-refractivity contribution < 1.29 is 8.95 Å². The number of halogens is 1. The normalized spacial score (nSPS) is 12.0. The average molecular weight is 529 g/mol. The van der Waals surface area contributed by atoms with Crippen molar-refractivity contribution in [2.45, 2.75) is 33.1 Å². The van der Waals surface area contributed by atoms with E-state index >= 15 is 0 Å². The second-order valence-electron chi connectivity index (χ2n) is 6.44. The molecule has 0 radical (unpaired) electrons. The fourth-order valence-electron chi connectivity index (χ4n) is 2.70. The van der Waals surface area contributed by atoms with Gasteiger partial charge in [0.05, 0.1) is 13.2 Å². The molecule has 2 aromatic carbocycles. The highest BCUT2D eigenvalue weighted by atomic mass is 127. The number of rotatable bonds is 10. The molecular formula is C22H32IN3O2S. The molecule has 0 fully saturated rings. The van der Waals surface area contributed by atoms with Crippen LogP contribution in [-0.2, 0) is 23.1 Å². The lowest BCUT2D eigenvalue weighted by molar-refractivity contribution is 0.336. The minimum atomic E-state index is -0.906. The van der Waals surface area contributed by atoms with E-state index in [1.54, 1.807) is 0 Å². The Morgan fingerprint density at radius 2 is 1.86 bits per heavy atom. The van der Waals surface area contributed by atoms with Gasteiger partial charge in [0.25, 0.3) is 0 Å². The summed E-state index contributed by atoms with van der Waals surface area (Å²) in [6.07, 6.45) is 0. The molecule has 0 saturated carbocycles. The summed E-state index contributed by atoms with van der Waals surface area (Å²) in [5.41, 5.74) is 3.32. The van der Waals surface area contributed by atoms with Gasteiger partial charge in [-0.25, -0.2) is 4.99 Å². The summed E-state index contributed by atoms with van der Waals surface area (Å²) >= 11 is 0. The lowest BCUT2D eigenvalue weighted by Crippen LogP contribution is -2.39. The molecule has 2 N–H and O–H groups in total. The highest BCUT2D eigenvalue weighted by Gasteiger charge is 2.06. The van der Waals surface area contributed by atoms with Gasteiger partial charge in [0, 0.05) is 41.0 Å². The standard InChI is InChI=1S/C22H31N3O2S.HI/c1-4-23-22(24-13-14-28(26)17-19-9-7-6-8-10-19)25-16-20-12-11-18(3)15-21(20)27-5-2;/h6-12,15H,4-5,13-14,16-17H2,1-3H3,(H2,23,24,25);1H. The topological polar surface area (TPSA) is 62.7 Å². The SMILES string of the molecule is CCNC(=NCc1ccc(C)cc1OCC)NCCS(=O)Cc1ccccc1.I. The van der Waals surface area contributed by atoms with E-state index in [0.29, 0.717) is 31.2 Å². The summed E-state index contributed by atoms with van der Waals surface area (Å²) in [5, 5.41) is 6.51. The predicted molar refractivity (Wildman–Crippen MR) is 134 cm³/mol. The number of nitrogens with zero attached hydrogens (tertiary/aromatic N) is 1. The van der Waals surface area contributed by atoms with Crippen LogP contribution in [0.2, 0.25) is 0 Å². The molecule has 0 aromatic heterocycles. The number of aliphatic imine (C=N–C) groups is 1. The second kappa shape index (κ2) is 14.4. The Balaban J connectivity index is 0.00000420. The minimum absolute atomic E-state index is 0. The maximum absolute atomic E-state index is 12.3. The van der Waals surface area contributed by atoms with E-state index in [0.717, 1.165) is 29.4 Å². The van der Waals surface area contributed by atoms with Gasteiger partial charge in [-0.1, -0.05) is 42.5 Å². The van der Waals surface area contributed by atoms with Gasteiger partial charge < -0.3 is 15.4 Å². The first-order valence-electron chi connectivity index (χ1n) is 9.75. The van der Waals surface area contributed by atoms with Crippen LogP contribution < -0.4 is 15.4 Å². The molecule has 0 heterocycles. The number of ether oxygens (including phenoxy) is 1. The lowest BCUT2D eigenvalue weighted by atomic mass is 10.1. The van der Waals surface area contributed by atoms with Crippen molar-refractivity contribution in [3.8, 4) is 5.75 Å². The van der Waals surface area contributed by atoms with Crippen LogP contribution in [0.15, 0.2) is 53.5 Å². The first-order valence-corrected chi connectivity index (χ1v) is 11.2. The minimum Gasteiger partial charge on any atom is -0.494 e. The number of benzene rings is 2. The van der Waals surface area contributed by atoms with Crippen LogP contribution >= 0.6 is 24.0 Å². The zero-order valence-electron chi connectivity index (χ0n) is 17.4. The molecule has 0 spiro atoms. The highest BCUT2D eigenvalue weighted by molar-refractivity contribution is 14.0. The molecule has 29 heavy (non-hydrogen) atoms. The van der Waals surface area contributed by atoms with Gasteiger partial charge in [-0.3, -0.25) is 4.21 Å². The van der Waals surface area contributed by atoms with Crippen molar-refractivity contribution in [3.63, 3.8) is 0 Å². The second-order valence-corrected chi connectivity index (χ2v) is 8.02. The molecule has 0 bridgehead atoms. The van der Waals surface area contributed by atoms with Crippen LogP contribution in [0.5, 0.6) is 5.75 Å². The van der Waals surface area contributed by atoms with Gasteiger partial charge >= 0.3 is 0 Å². The maximum atomic E-state index is 12.3. The third-order valence-electron chi connectivity index (χ3n) is 4.07. The van der Waals surface area contributed by atoms with Crippen molar-refractivity contribution in [1.29, 1.82) is 0 Å². The van der Waals surface area contributed by atoms with E-state index in [4.69, 9.17) is 4.74 Å². The zero-order valence-corrected chi connectivity index (χ0v) is 20.6. The summed E-state index contributed by atoms with van der Waals surface area (Å²) in [4.78, 5) is 4.65. The first-order chi connectivity index (χ1) is 13.6. The Labute approximate surface area is 194 Å². The van der Waals surface area contributed by atoms with Crippen LogP contribution in [-0.4, -0.2) is 35.6 Å². The smallest absolute Gasteiger partial charge is 0.191 e. The summed E-state index contributed by atoms with van der Waals surface area (Å²) in [5.74, 6) is 2.76. The van der Waals surface area contributed by atoms with E-state index in [9.17, 15) is 4.21 Å². The molecule has 0 amide bonds. The molecule has 2 aromatic rings. The monoisotopic (exact) mass is 529 g/mol. The number of hydrogen-bond acceptors (Lipinski definition) is 3. The molecule has 0 aliphatic carbocycles.